The van der Waals surface area contributed by atoms with Crippen molar-refractivity contribution in [1.82, 2.24) is 4.57 Å². The van der Waals surface area contributed by atoms with Gasteiger partial charge in [0.05, 0.1) is 33.9 Å². The van der Waals surface area contributed by atoms with Gasteiger partial charge in [-0.2, -0.15) is 0 Å². The van der Waals surface area contributed by atoms with Crippen LogP contribution in [0.15, 0.2) is 213 Å². The maximum atomic E-state index is 6.90. The number of furan rings is 2. The van der Waals surface area contributed by atoms with Gasteiger partial charge in [0.1, 0.15) is 22.3 Å². The molecule has 2 atom stereocenters. The Hall–Kier alpha value is -8.28. The van der Waals surface area contributed by atoms with Crippen molar-refractivity contribution in [1.29, 1.82) is 0 Å². The third kappa shape index (κ3) is 5.39. The molecule has 10 aromatic carbocycles. The lowest BCUT2D eigenvalue weighted by Crippen LogP contribution is -2.28. The summed E-state index contributed by atoms with van der Waals surface area (Å²) in [6, 6.07) is 69.4. The Morgan fingerprint density at radius 2 is 1.02 bits per heavy atom. The number of hydrogen-bond acceptors (Lipinski definition) is 4. The molecule has 5 heteroatoms. The number of aliphatic imine (C=N–C) groups is 2. The maximum absolute atomic E-state index is 6.90. The minimum atomic E-state index is -0.257. The molecular formula is C60H39N3O2. The van der Waals surface area contributed by atoms with Gasteiger partial charge < -0.3 is 13.4 Å². The average Bonchev–Trinajstić information content (AvgIpc) is 4.02. The normalized spacial score (nSPS) is 15.7. The SMILES string of the molecule is CCC1C(c2ccccc2)=NC(c2ccc3oc4cc5ccccc5cc4c3c2-n2c3cc4ccccc4cc3c3cc4ccccc4cc32)=NC1c1cccc2oc3ccccc3c12. The summed E-state index contributed by atoms with van der Waals surface area (Å²) < 4.78 is 15.9. The van der Waals surface area contributed by atoms with Gasteiger partial charge in [-0.05, 0) is 111 Å². The van der Waals surface area contributed by atoms with Crippen LogP contribution in [0, 0.1) is 5.92 Å². The molecule has 1 aliphatic rings. The highest BCUT2D eigenvalue weighted by atomic mass is 16.3. The van der Waals surface area contributed by atoms with E-state index in [1.807, 2.05) is 6.07 Å². The van der Waals surface area contributed by atoms with Crippen LogP contribution in [0.2, 0.25) is 0 Å². The van der Waals surface area contributed by atoms with E-state index in [-0.39, 0.29) is 12.0 Å². The van der Waals surface area contributed by atoms with E-state index in [1.165, 1.54) is 32.3 Å². The molecule has 0 bridgehead atoms. The first kappa shape index (κ1) is 36.2. The van der Waals surface area contributed by atoms with Crippen molar-refractivity contribution < 1.29 is 8.83 Å². The number of nitrogens with zero attached hydrogens (tertiary/aromatic N) is 3. The first-order valence-corrected chi connectivity index (χ1v) is 22.5. The summed E-state index contributed by atoms with van der Waals surface area (Å²) in [4.78, 5) is 11.6. The minimum Gasteiger partial charge on any atom is -0.456 e. The van der Waals surface area contributed by atoms with Crippen molar-refractivity contribution in [2.24, 2.45) is 15.9 Å². The van der Waals surface area contributed by atoms with E-state index in [1.54, 1.807) is 0 Å². The van der Waals surface area contributed by atoms with Crippen LogP contribution < -0.4 is 0 Å². The van der Waals surface area contributed by atoms with Gasteiger partial charge >= 0.3 is 0 Å². The van der Waals surface area contributed by atoms with Crippen molar-refractivity contribution in [2.45, 2.75) is 19.4 Å². The minimum absolute atomic E-state index is 0.000296. The fraction of sp³-hybridized carbons (Fsp3) is 0.0667. The van der Waals surface area contributed by atoms with Gasteiger partial charge in [0.2, 0.25) is 0 Å². The number of benzene rings is 10. The maximum Gasteiger partial charge on any atom is 0.157 e. The second kappa shape index (κ2) is 13.9. The van der Waals surface area contributed by atoms with Crippen LogP contribution in [0.1, 0.15) is 36.1 Å². The number of para-hydroxylation sites is 1. The first-order chi connectivity index (χ1) is 32.2. The van der Waals surface area contributed by atoms with Crippen molar-refractivity contribution in [2.75, 3.05) is 0 Å². The summed E-state index contributed by atoms with van der Waals surface area (Å²) >= 11 is 0. The molecule has 2 unspecified atom stereocenters. The lowest BCUT2D eigenvalue weighted by atomic mass is 9.82. The molecule has 0 N–H and O–H groups in total. The van der Waals surface area contributed by atoms with E-state index in [0.29, 0.717) is 5.84 Å². The Labute approximate surface area is 373 Å². The molecule has 3 aromatic heterocycles. The van der Waals surface area contributed by atoms with Gasteiger partial charge in [0.25, 0.3) is 0 Å². The molecule has 0 spiro atoms. The zero-order chi connectivity index (χ0) is 42.8. The molecule has 0 aliphatic carbocycles. The molecule has 4 heterocycles. The van der Waals surface area contributed by atoms with E-state index in [0.717, 1.165) is 100 Å². The van der Waals surface area contributed by atoms with E-state index in [4.69, 9.17) is 18.8 Å². The Bertz CT molecular complexity index is 4090. The summed E-state index contributed by atoms with van der Waals surface area (Å²) in [6.07, 6.45) is 0.847. The zero-order valence-electron chi connectivity index (χ0n) is 35.5. The molecule has 5 nitrogen and oxygen atoms in total. The molecule has 306 valence electrons. The lowest BCUT2D eigenvalue weighted by Gasteiger charge is -2.31. The largest absolute Gasteiger partial charge is 0.456 e. The number of aromatic nitrogens is 1. The van der Waals surface area contributed by atoms with E-state index >= 15 is 0 Å². The Morgan fingerprint density at radius 1 is 0.462 bits per heavy atom. The third-order valence-corrected chi connectivity index (χ3v) is 13.9. The second-order valence-electron chi connectivity index (χ2n) is 17.5. The van der Waals surface area contributed by atoms with Gasteiger partial charge in [-0.3, -0.25) is 4.99 Å². The quantitative estimate of drug-likeness (QED) is 0.173. The van der Waals surface area contributed by atoms with Gasteiger partial charge in [-0.1, -0.05) is 140 Å². The van der Waals surface area contributed by atoms with Crippen molar-refractivity contribution >= 4 is 110 Å². The fourth-order valence-electron chi connectivity index (χ4n) is 10.9. The van der Waals surface area contributed by atoms with Crippen molar-refractivity contribution in [3.63, 3.8) is 0 Å². The van der Waals surface area contributed by atoms with Gasteiger partial charge in [0.15, 0.2) is 5.84 Å². The smallest absolute Gasteiger partial charge is 0.157 e. The predicted molar refractivity (Wildman–Crippen MR) is 270 cm³/mol. The van der Waals surface area contributed by atoms with Crippen LogP contribution in [-0.2, 0) is 0 Å². The van der Waals surface area contributed by atoms with Crippen LogP contribution in [0.3, 0.4) is 0 Å². The number of amidine groups is 1. The highest BCUT2D eigenvalue weighted by molar-refractivity contribution is 6.24. The van der Waals surface area contributed by atoms with Crippen molar-refractivity contribution in [3.05, 3.63) is 211 Å². The molecule has 0 fully saturated rings. The number of hydrogen-bond donors (Lipinski definition) is 0. The molecule has 14 rings (SSSR count). The second-order valence-corrected chi connectivity index (χ2v) is 17.5. The van der Waals surface area contributed by atoms with Crippen LogP contribution in [0.4, 0.5) is 0 Å². The molecule has 0 amide bonds. The number of rotatable bonds is 5. The monoisotopic (exact) mass is 833 g/mol. The summed E-state index contributed by atoms with van der Waals surface area (Å²) in [6.45, 7) is 2.26. The molecule has 0 saturated heterocycles. The van der Waals surface area contributed by atoms with Crippen LogP contribution in [0.25, 0.3) is 104 Å². The summed E-state index contributed by atoms with van der Waals surface area (Å²) in [5, 5.41) is 13.7. The van der Waals surface area contributed by atoms with E-state index < -0.39 is 0 Å². The molecular weight excluding hydrogens is 795 g/mol. The first-order valence-electron chi connectivity index (χ1n) is 22.5. The summed E-state index contributed by atoms with van der Waals surface area (Å²) in [5.41, 5.74) is 10.8. The zero-order valence-corrected chi connectivity index (χ0v) is 35.5. The van der Waals surface area contributed by atoms with Crippen LogP contribution in [-0.4, -0.2) is 16.1 Å². The fourth-order valence-corrected chi connectivity index (χ4v) is 10.9. The summed E-state index contributed by atoms with van der Waals surface area (Å²) in [7, 11) is 0. The standard InChI is InChI=1S/C60H39N3O2/c1-2-42-57(35-15-4-3-5-16-35)61-60(62-58(42)44-24-14-26-52-55(44)43-23-12-13-25-51(43)64-52)45-27-28-53-56(48-31-38-19-8-11-22-41(38)34-54(48)65-53)59(45)63-49-32-39-20-9-6-17-36(39)29-46(49)47-30-37-18-7-10-21-40(37)33-50(47)63/h3-34,42,58H,2H2,1H3. The predicted octanol–water partition coefficient (Wildman–Crippen LogP) is 16.1. The van der Waals surface area contributed by atoms with Gasteiger partial charge in [0, 0.05) is 38.4 Å². The Kier molecular flexibility index (Phi) is 7.72. The highest BCUT2D eigenvalue weighted by Gasteiger charge is 2.35. The molecule has 0 radical (unpaired) electrons. The lowest BCUT2D eigenvalue weighted by molar-refractivity contribution is 0.535. The van der Waals surface area contributed by atoms with Crippen LogP contribution >= 0.6 is 0 Å². The highest BCUT2D eigenvalue weighted by Crippen LogP contribution is 2.46. The Balaban J connectivity index is 1.15. The molecule has 13 aromatic rings. The van der Waals surface area contributed by atoms with Crippen molar-refractivity contribution in [3.8, 4) is 5.69 Å². The third-order valence-electron chi connectivity index (χ3n) is 13.9. The van der Waals surface area contributed by atoms with Crippen LogP contribution in [0.5, 0.6) is 0 Å². The topological polar surface area (TPSA) is 55.9 Å². The average molecular weight is 834 g/mol. The van der Waals surface area contributed by atoms with E-state index in [9.17, 15) is 0 Å². The Morgan fingerprint density at radius 3 is 1.69 bits per heavy atom. The van der Waals surface area contributed by atoms with E-state index in [2.05, 4.69) is 200 Å². The van der Waals surface area contributed by atoms with Gasteiger partial charge in [-0.15, -0.1) is 0 Å². The summed E-state index contributed by atoms with van der Waals surface area (Å²) in [5.74, 6) is 0.687. The number of fused-ring (bicyclic) bond motifs is 12. The molecule has 0 saturated carbocycles. The molecule has 65 heavy (non-hydrogen) atoms. The van der Waals surface area contributed by atoms with Gasteiger partial charge in [-0.25, -0.2) is 4.99 Å². The molecule has 1 aliphatic heterocycles.